The van der Waals surface area contributed by atoms with Crippen molar-refractivity contribution in [2.24, 2.45) is 0 Å². The number of nitrogens with one attached hydrogen (secondary N) is 1. The largest absolute Gasteiger partial charge is 0.469 e. The Morgan fingerprint density at radius 1 is 1.50 bits per heavy atom. The summed E-state index contributed by atoms with van der Waals surface area (Å²) in [7, 11) is 0. The van der Waals surface area contributed by atoms with Gasteiger partial charge in [-0.05, 0) is 44.9 Å². The minimum Gasteiger partial charge on any atom is -0.469 e. The smallest absolute Gasteiger partial charge is 0.103 e. The molecule has 3 atom stereocenters. The van der Waals surface area contributed by atoms with E-state index in [1.54, 1.807) is 6.26 Å². The van der Waals surface area contributed by atoms with Gasteiger partial charge in [-0.1, -0.05) is 0 Å². The van der Waals surface area contributed by atoms with E-state index in [0.29, 0.717) is 18.2 Å². The Balaban J connectivity index is 1.34. The van der Waals surface area contributed by atoms with Crippen LogP contribution in [0.1, 0.15) is 31.9 Å². The summed E-state index contributed by atoms with van der Waals surface area (Å²) in [4.78, 5) is 2.60. The van der Waals surface area contributed by atoms with Crippen molar-refractivity contribution >= 4 is 0 Å². The molecule has 1 aromatic rings. The van der Waals surface area contributed by atoms with Gasteiger partial charge in [0.2, 0.25) is 0 Å². The summed E-state index contributed by atoms with van der Waals surface area (Å²) >= 11 is 0. The molecule has 0 bridgehead atoms. The van der Waals surface area contributed by atoms with Crippen LogP contribution in [-0.4, -0.2) is 49.3 Å². The molecule has 0 aliphatic carbocycles. The average Bonchev–Trinajstić information content (AvgIpc) is 3.13. The summed E-state index contributed by atoms with van der Waals surface area (Å²) < 4.78 is 11.3. The maximum atomic E-state index is 5.97. The molecule has 1 N–H and O–H groups in total. The molecule has 2 fully saturated rings. The van der Waals surface area contributed by atoms with E-state index in [-0.39, 0.29) is 0 Å². The lowest BCUT2D eigenvalue weighted by Crippen LogP contribution is -2.50. The number of nitrogens with zero attached hydrogens (tertiary/aromatic N) is 1. The van der Waals surface area contributed by atoms with Gasteiger partial charge in [0.15, 0.2) is 0 Å². The SMILES string of the molecule is CC(CCc1ccco1)NCC1CN2CCCC2CO1. The molecule has 0 spiro atoms. The number of morpholine rings is 1. The summed E-state index contributed by atoms with van der Waals surface area (Å²) in [6, 6.07) is 5.20. The molecule has 3 rings (SSSR count). The standard InChI is InChI=1S/C16H26N2O2/c1-13(6-7-15-5-3-9-19-15)17-10-16-11-18-8-2-4-14(18)12-20-16/h3,5,9,13-14,16-17H,2,4,6-8,10-12H2,1H3. The Kier molecular flexibility index (Phi) is 4.76. The highest BCUT2D eigenvalue weighted by Crippen LogP contribution is 2.22. The number of aryl methyl sites for hydroxylation is 1. The average molecular weight is 278 g/mol. The normalized spacial score (nSPS) is 28.4. The van der Waals surface area contributed by atoms with Crippen LogP contribution in [0.4, 0.5) is 0 Å². The highest BCUT2D eigenvalue weighted by molar-refractivity contribution is 4.98. The van der Waals surface area contributed by atoms with Crippen molar-refractivity contribution < 1.29 is 9.15 Å². The van der Waals surface area contributed by atoms with Gasteiger partial charge in [-0.2, -0.15) is 0 Å². The first-order valence-electron chi connectivity index (χ1n) is 7.92. The van der Waals surface area contributed by atoms with Crippen molar-refractivity contribution in [1.82, 2.24) is 10.2 Å². The number of hydrogen-bond donors (Lipinski definition) is 1. The van der Waals surface area contributed by atoms with Crippen molar-refractivity contribution in [3.05, 3.63) is 24.2 Å². The van der Waals surface area contributed by atoms with Crippen LogP contribution >= 0.6 is 0 Å². The number of fused-ring (bicyclic) bond motifs is 1. The predicted octanol–water partition coefficient (Wildman–Crippen LogP) is 2.05. The maximum Gasteiger partial charge on any atom is 0.103 e. The van der Waals surface area contributed by atoms with Crippen molar-refractivity contribution in [3.8, 4) is 0 Å². The Hall–Kier alpha value is -0.840. The van der Waals surface area contributed by atoms with Gasteiger partial charge in [0.1, 0.15) is 5.76 Å². The predicted molar refractivity (Wildman–Crippen MR) is 78.8 cm³/mol. The number of rotatable bonds is 6. The van der Waals surface area contributed by atoms with Crippen LogP contribution in [0, 0.1) is 0 Å². The molecule has 2 saturated heterocycles. The van der Waals surface area contributed by atoms with Gasteiger partial charge >= 0.3 is 0 Å². The molecule has 0 amide bonds. The Morgan fingerprint density at radius 3 is 3.30 bits per heavy atom. The lowest BCUT2D eigenvalue weighted by molar-refractivity contribution is -0.0477. The second-order valence-corrected chi connectivity index (χ2v) is 6.17. The van der Waals surface area contributed by atoms with Crippen molar-refractivity contribution in [2.75, 3.05) is 26.2 Å². The molecule has 3 unspecified atom stereocenters. The maximum absolute atomic E-state index is 5.97. The molecule has 1 aromatic heterocycles. The molecule has 0 radical (unpaired) electrons. The van der Waals surface area contributed by atoms with Gasteiger partial charge in [0.05, 0.1) is 19.0 Å². The van der Waals surface area contributed by atoms with Crippen molar-refractivity contribution in [3.63, 3.8) is 0 Å². The van der Waals surface area contributed by atoms with Crippen LogP contribution in [0.25, 0.3) is 0 Å². The first-order valence-corrected chi connectivity index (χ1v) is 7.92. The van der Waals surface area contributed by atoms with Crippen LogP contribution in [0.15, 0.2) is 22.8 Å². The summed E-state index contributed by atoms with van der Waals surface area (Å²) in [6.07, 6.45) is 6.87. The van der Waals surface area contributed by atoms with Crippen LogP contribution in [0.2, 0.25) is 0 Å². The summed E-state index contributed by atoms with van der Waals surface area (Å²) in [6.45, 7) is 6.49. The van der Waals surface area contributed by atoms with E-state index < -0.39 is 0 Å². The molecule has 0 aromatic carbocycles. The Labute approximate surface area is 121 Å². The number of ether oxygens (including phenoxy) is 1. The van der Waals surface area contributed by atoms with Gasteiger partial charge < -0.3 is 14.5 Å². The molecule has 2 aliphatic heterocycles. The first kappa shape index (κ1) is 14.1. The van der Waals surface area contributed by atoms with E-state index in [4.69, 9.17) is 9.15 Å². The molecule has 3 heterocycles. The topological polar surface area (TPSA) is 37.6 Å². The molecule has 112 valence electrons. The lowest BCUT2D eigenvalue weighted by Gasteiger charge is -2.35. The fraction of sp³-hybridized carbons (Fsp3) is 0.750. The van der Waals surface area contributed by atoms with Crippen LogP contribution in [-0.2, 0) is 11.2 Å². The van der Waals surface area contributed by atoms with E-state index in [2.05, 4.69) is 17.1 Å². The first-order chi connectivity index (χ1) is 9.81. The molecule has 20 heavy (non-hydrogen) atoms. The monoisotopic (exact) mass is 278 g/mol. The molecular formula is C16H26N2O2. The van der Waals surface area contributed by atoms with Gasteiger partial charge in [0.25, 0.3) is 0 Å². The zero-order valence-corrected chi connectivity index (χ0v) is 12.4. The third-order valence-electron chi connectivity index (χ3n) is 4.56. The third-order valence-corrected chi connectivity index (χ3v) is 4.56. The quantitative estimate of drug-likeness (QED) is 0.864. The second kappa shape index (κ2) is 6.74. The fourth-order valence-electron chi connectivity index (χ4n) is 3.26. The molecule has 4 nitrogen and oxygen atoms in total. The number of hydrogen-bond acceptors (Lipinski definition) is 4. The molecule has 2 aliphatic rings. The van der Waals surface area contributed by atoms with Crippen LogP contribution in [0.5, 0.6) is 0 Å². The van der Waals surface area contributed by atoms with Gasteiger partial charge in [-0.25, -0.2) is 0 Å². The highest BCUT2D eigenvalue weighted by Gasteiger charge is 2.31. The Bertz CT molecular complexity index is 393. The highest BCUT2D eigenvalue weighted by atomic mass is 16.5. The van der Waals surface area contributed by atoms with Gasteiger partial charge in [0, 0.05) is 31.6 Å². The minimum absolute atomic E-state index is 0.357. The van der Waals surface area contributed by atoms with Crippen LogP contribution in [0.3, 0.4) is 0 Å². The summed E-state index contributed by atoms with van der Waals surface area (Å²) in [5.74, 6) is 1.08. The van der Waals surface area contributed by atoms with E-state index in [0.717, 1.165) is 38.3 Å². The van der Waals surface area contributed by atoms with Crippen molar-refractivity contribution in [1.29, 1.82) is 0 Å². The molecular weight excluding hydrogens is 252 g/mol. The fourth-order valence-corrected chi connectivity index (χ4v) is 3.26. The molecule has 0 saturated carbocycles. The lowest BCUT2D eigenvalue weighted by atomic mass is 10.1. The molecule has 4 heteroatoms. The van der Waals surface area contributed by atoms with Crippen molar-refractivity contribution in [2.45, 2.75) is 50.8 Å². The number of furan rings is 1. The zero-order chi connectivity index (χ0) is 13.8. The Morgan fingerprint density at radius 2 is 2.45 bits per heavy atom. The third kappa shape index (κ3) is 3.62. The second-order valence-electron chi connectivity index (χ2n) is 6.17. The van der Waals surface area contributed by atoms with E-state index in [1.807, 2.05) is 12.1 Å². The van der Waals surface area contributed by atoms with Gasteiger partial charge in [-0.3, -0.25) is 4.90 Å². The minimum atomic E-state index is 0.357. The van der Waals surface area contributed by atoms with E-state index >= 15 is 0 Å². The van der Waals surface area contributed by atoms with Crippen LogP contribution < -0.4 is 5.32 Å². The zero-order valence-electron chi connectivity index (χ0n) is 12.4. The van der Waals surface area contributed by atoms with E-state index in [9.17, 15) is 0 Å². The van der Waals surface area contributed by atoms with Gasteiger partial charge in [-0.15, -0.1) is 0 Å². The summed E-state index contributed by atoms with van der Waals surface area (Å²) in [5.41, 5.74) is 0. The summed E-state index contributed by atoms with van der Waals surface area (Å²) in [5, 5.41) is 3.60. The van der Waals surface area contributed by atoms with E-state index in [1.165, 1.54) is 19.4 Å².